The first-order valence-electron chi connectivity index (χ1n) is 11.2. The smallest absolute Gasteiger partial charge is 0.299 e. The van der Waals surface area contributed by atoms with E-state index in [1.807, 2.05) is 12.0 Å². The van der Waals surface area contributed by atoms with Gasteiger partial charge in [-0.2, -0.15) is 18.2 Å². The maximum absolute atomic E-state index is 14.4. The second kappa shape index (κ2) is 10.0. The van der Waals surface area contributed by atoms with Crippen molar-refractivity contribution in [2.24, 2.45) is 10.9 Å². The first-order chi connectivity index (χ1) is 16.4. The molecule has 35 heavy (non-hydrogen) atoms. The molecule has 2 aliphatic heterocycles. The fourth-order valence-electron chi connectivity index (χ4n) is 4.68. The van der Waals surface area contributed by atoms with Gasteiger partial charge in [0.2, 0.25) is 0 Å². The molecule has 1 fully saturated rings. The van der Waals surface area contributed by atoms with Gasteiger partial charge in [0.05, 0.1) is 28.2 Å². The maximum Gasteiger partial charge on any atom is 0.400 e. The number of halogens is 6. The Morgan fingerprint density at radius 1 is 1.20 bits per heavy atom. The molecule has 0 aliphatic carbocycles. The number of carbonyl (C=O) groups is 1. The lowest BCUT2D eigenvalue weighted by atomic mass is 9.76. The average Bonchev–Trinajstić information content (AvgIpc) is 3.44. The molecule has 2 aliphatic rings. The molecule has 0 amide bonds. The lowest BCUT2D eigenvalue weighted by Gasteiger charge is -2.32. The highest BCUT2D eigenvalue weighted by atomic mass is 35.5. The zero-order valence-corrected chi connectivity index (χ0v) is 21.5. The Morgan fingerprint density at radius 3 is 2.46 bits per heavy atom. The molecule has 0 saturated carbocycles. The van der Waals surface area contributed by atoms with Crippen LogP contribution in [-0.2, 0) is 10.3 Å². The van der Waals surface area contributed by atoms with Gasteiger partial charge in [-0.15, -0.1) is 0 Å². The van der Waals surface area contributed by atoms with Gasteiger partial charge in [-0.25, -0.2) is 0 Å². The summed E-state index contributed by atoms with van der Waals surface area (Å²) in [6, 6.07) is 7.48. The van der Waals surface area contributed by atoms with Crippen LogP contribution in [0.15, 0.2) is 35.3 Å². The van der Waals surface area contributed by atoms with Crippen molar-refractivity contribution < 1.29 is 22.8 Å². The molecule has 1 unspecified atom stereocenters. The van der Waals surface area contributed by atoms with E-state index in [2.05, 4.69) is 4.99 Å². The van der Waals surface area contributed by atoms with Crippen LogP contribution in [0.2, 0.25) is 15.1 Å². The van der Waals surface area contributed by atoms with Crippen LogP contribution in [-0.4, -0.2) is 49.0 Å². The predicted molar refractivity (Wildman–Crippen MR) is 132 cm³/mol. The number of benzene rings is 2. The third-order valence-electron chi connectivity index (χ3n) is 6.73. The summed E-state index contributed by atoms with van der Waals surface area (Å²) in [4.78, 5) is 22.7. The van der Waals surface area contributed by atoms with Crippen LogP contribution in [0.25, 0.3) is 0 Å². The Bertz CT molecular complexity index is 1160. The number of hydrogen-bond donors (Lipinski definition) is 0. The standard InChI is InChI=1S/C25H24Cl3F3N2O2/c1-3-33-11-15(12-35-33)7-22(34)18-5-4-16(6-14(18)2)21-10-24(13-32-21,25(29,30)31)17-8-19(26)23(28)20(27)9-17/h4-6,8-9,15H,3,7,10-13H2,1-2H3/t15-,24?/m0/s1. The van der Waals surface area contributed by atoms with Gasteiger partial charge in [0.15, 0.2) is 5.78 Å². The Hall–Kier alpha value is -1.64. The van der Waals surface area contributed by atoms with Crippen molar-refractivity contribution >= 4 is 46.3 Å². The number of rotatable bonds is 6. The van der Waals surface area contributed by atoms with Crippen LogP contribution in [0.5, 0.6) is 0 Å². The predicted octanol–water partition coefficient (Wildman–Crippen LogP) is 7.10. The number of carbonyl (C=O) groups excluding carboxylic acids is 1. The fourth-order valence-corrected chi connectivity index (χ4v) is 5.27. The molecule has 2 aromatic rings. The monoisotopic (exact) mass is 546 g/mol. The molecule has 0 aromatic heterocycles. The zero-order valence-electron chi connectivity index (χ0n) is 19.2. The molecule has 0 spiro atoms. The fraction of sp³-hybridized carbons (Fsp3) is 0.440. The summed E-state index contributed by atoms with van der Waals surface area (Å²) < 4.78 is 43.2. The highest BCUT2D eigenvalue weighted by molar-refractivity contribution is 6.48. The van der Waals surface area contributed by atoms with Crippen molar-refractivity contribution in [3.05, 3.63) is 67.7 Å². The molecular weight excluding hydrogens is 524 g/mol. The summed E-state index contributed by atoms with van der Waals surface area (Å²) >= 11 is 18.0. The van der Waals surface area contributed by atoms with Gasteiger partial charge >= 0.3 is 6.18 Å². The minimum Gasteiger partial charge on any atom is -0.299 e. The molecule has 2 aromatic carbocycles. The number of alkyl halides is 3. The van der Waals surface area contributed by atoms with Crippen molar-refractivity contribution in [1.29, 1.82) is 0 Å². The van der Waals surface area contributed by atoms with Crippen LogP contribution < -0.4 is 0 Å². The molecule has 4 nitrogen and oxygen atoms in total. The van der Waals surface area contributed by atoms with Crippen molar-refractivity contribution in [3.63, 3.8) is 0 Å². The quantitative estimate of drug-likeness (QED) is 0.286. The zero-order chi connectivity index (χ0) is 25.5. The normalized spacial score (nSPS) is 23.1. The van der Waals surface area contributed by atoms with E-state index in [1.165, 1.54) is 12.1 Å². The van der Waals surface area contributed by atoms with Crippen molar-refractivity contribution in [2.45, 2.75) is 38.3 Å². The summed E-state index contributed by atoms with van der Waals surface area (Å²) in [6.07, 6.45) is -4.61. The van der Waals surface area contributed by atoms with Gasteiger partial charge in [0, 0.05) is 43.1 Å². The van der Waals surface area contributed by atoms with E-state index in [0.717, 1.165) is 6.54 Å². The molecule has 1 saturated heterocycles. The number of hydroxylamine groups is 2. The van der Waals surface area contributed by atoms with E-state index in [1.54, 1.807) is 25.1 Å². The first kappa shape index (κ1) is 26.4. The second-order valence-corrected chi connectivity index (χ2v) is 10.3. The second-order valence-electron chi connectivity index (χ2n) is 9.07. The largest absolute Gasteiger partial charge is 0.400 e. The van der Waals surface area contributed by atoms with Crippen molar-refractivity contribution in [1.82, 2.24) is 5.06 Å². The molecule has 0 bridgehead atoms. The average molecular weight is 548 g/mol. The molecule has 0 N–H and O–H groups in total. The van der Waals surface area contributed by atoms with E-state index in [0.29, 0.717) is 42.0 Å². The third-order valence-corrected chi connectivity index (χ3v) is 7.93. The number of hydrogen-bond acceptors (Lipinski definition) is 4. The molecule has 10 heteroatoms. The van der Waals surface area contributed by atoms with Crippen LogP contribution in [0.4, 0.5) is 13.2 Å². The van der Waals surface area contributed by atoms with E-state index < -0.39 is 18.1 Å². The van der Waals surface area contributed by atoms with E-state index in [-0.39, 0.29) is 38.8 Å². The summed E-state index contributed by atoms with van der Waals surface area (Å²) in [5.41, 5.74) is -0.223. The highest BCUT2D eigenvalue weighted by Crippen LogP contribution is 2.49. The highest BCUT2D eigenvalue weighted by Gasteiger charge is 2.58. The minimum atomic E-state index is -4.60. The van der Waals surface area contributed by atoms with Crippen LogP contribution in [0.3, 0.4) is 0 Å². The number of aliphatic imine (C=N–C) groups is 1. The topological polar surface area (TPSA) is 41.9 Å². The third kappa shape index (κ3) is 5.12. The molecule has 4 rings (SSSR count). The van der Waals surface area contributed by atoms with Gasteiger partial charge in [0.25, 0.3) is 0 Å². The summed E-state index contributed by atoms with van der Waals surface area (Å²) in [5, 5.41) is 1.76. The van der Waals surface area contributed by atoms with E-state index in [4.69, 9.17) is 39.6 Å². The van der Waals surface area contributed by atoms with E-state index >= 15 is 0 Å². The maximum atomic E-state index is 14.4. The lowest BCUT2D eigenvalue weighted by Crippen LogP contribution is -2.43. The van der Waals surface area contributed by atoms with Crippen LogP contribution >= 0.6 is 34.8 Å². The lowest BCUT2D eigenvalue weighted by molar-refractivity contribution is -0.183. The first-order valence-corrected chi connectivity index (χ1v) is 12.4. The van der Waals surface area contributed by atoms with E-state index in [9.17, 15) is 18.0 Å². The van der Waals surface area contributed by atoms with Crippen LogP contribution in [0, 0.1) is 12.8 Å². The van der Waals surface area contributed by atoms with Gasteiger partial charge in [0.1, 0.15) is 5.41 Å². The minimum absolute atomic E-state index is 0.0101. The van der Waals surface area contributed by atoms with Gasteiger partial charge in [-0.3, -0.25) is 14.6 Å². The van der Waals surface area contributed by atoms with Crippen LogP contribution in [0.1, 0.15) is 46.8 Å². The van der Waals surface area contributed by atoms with Crippen molar-refractivity contribution in [3.8, 4) is 0 Å². The Labute approximate surface area is 217 Å². The molecular formula is C25H24Cl3F3N2O2. The number of ketones is 1. The summed E-state index contributed by atoms with van der Waals surface area (Å²) in [5.74, 6) is 0.107. The van der Waals surface area contributed by atoms with Gasteiger partial charge in [-0.1, -0.05) is 53.9 Å². The Kier molecular flexibility index (Phi) is 7.56. The number of nitrogens with zero attached hydrogens (tertiary/aromatic N) is 2. The Morgan fingerprint density at radius 2 is 1.89 bits per heavy atom. The summed E-state index contributed by atoms with van der Waals surface area (Å²) in [6.45, 7) is 5.25. The van der Waals surface area contributed by atoms with Gasteiger partial charge < -0.3 is 0 Å². The molecule has 0 radical (unpaired) electrons. The number of Topliss-reactive ketones (excluding diaryl/α,β-unsaturated/α-hetero) is 1. The molecule has 2 heterocycles. The molecule has 2 atom stereocenters. The Balaban J connectivity index is 1.56. The van der Waals surface area contributed by atoms with Gasteiger partial charge in [-0.05, 0) is 41.8 Å². The summed E-state index contributed by atoms with van der Waals surface area (Å²) in [7, 11) is 0. The molecule has 188 valence electrons. The van der Waals surface area contributed by atoms with Crippen molar-refractivity contribution in [2.75, 3.05) is 26.2 Å². The SMILES string of the molecule is CCN1C[C@H](CC(=O)c2ccc(C3=NCC(c4cc(Cl)c(Cl)c(Cl)c4)(C(F)(F)F)C3)cc2C)CO1. The number of aryl methyl sites for hydroxylation is 1.